The van der Waals surface area contributed by atoms with E-state index in [0.717, 1.165) is 50.3 Å². The van der Waals surface area contributed by atoms with Crippen LogP contribution in [-0.2, 0) is 0 Å². The number of aliphatic hydroxyl groups is 1. The number of nitrogens with one attached hydrogen (secondary N) is 1. The van der Waals surface area contributed by atoms with Crippen molar-refractivity contribution in [2.24, 2.45) is 0 Å². The fourth-order valence-corrected chi connectivity index (χ4v) is 4.14. The Hall–Kier alpha value is -1.73. The number of rotatable bonds is 3. The second-order valence-corrected chi connectivity index (χ2v) is 7.13. The number of hydrogen-bond donors (Lipinski definition) is 2. The van der Waals surface area contributed by atoms with E-state index in [2.05, 4.69) is 25.3 Å². The molecule has 130 valence electrons. The number of aliphatic hydroxyl groups excluding tert-OH is 1. The van der Waals surface area contributed by atoms with Gasteiger partial charge in [-0.15, -0.1) is 0 Å². The average Bonchev–Trinajstić information content (AvgIpc) is 3.05. The Labute approximate surface area is 142 Å². The van der Waals surface area contributed by atoms with Gasteiger partial charge in [-0.1, -0.05) is 12.8 Å². The lowest BCUT2D eigenvalue weighted by molar-refractivity contribution is 0.00991. The van der Waals surface area contributed by atoms with Crippen LogP contribution in [0.4, 0.5) is 5.82 Å². The number of aryl methyl sites for hydroxylation is 1. The fraction of sp³-hybridized carbons (Fsp3) is 0.706. The van der Waals surface area contributed by atoms with Crippen LogP contribution in [0, 0.1) is 6.92 Å². The van der Waals surface area contributed by atoms with E-state index < -0.39 is 0 Å². The summed E-state index contributed by atoms with van der Waals surface area (Å²) in [5, 5.41) is 18.1. The summed E-state index contributed by atoms with van der Waals surface area (Å²) >= 11 is 0. The SMILES string of the molecule is Cc1cc(NC2CCN(C3CCCCC3O)CC2)n2ncnc2n1. The zero-order valence-corrected chi connectivity index (χ0v) is 14.2. The Morgan fingerprint density at radius 3 is 2.75 bits per heavy atom. The highest BCUT2D eigenvalue weighted by Crippen LogP contribution is 2.26. The molecule has 2 N–H and O–H groups in total. The van der Waals surface area contributed by atoms with Crippen molar-refractivity contribution in [1.29, 1.82) is 0 Å². The Morgan fingerprint density at radius 1 is 1.17 bits per heavy atom. The van der Waals surface area contributed by atoms with Gasteiger partial charge in [0.1, 0.15) is 12.1 Å². The van der Waals surface area contributed by atoms with Crippen molar-refractivity contribution >= 4 is 11.6 Å². The molecule has 7 heteroatoms. The van der Waals surface area contributed by atoms with Crippen molar-refractivity contribution in [1.82, 2.24) is 24.5 Å². The predicted molar refractivity (Wildman–Crippen MR) is 92.0 cm³/mol. The van der Waals surface area contributed by atoms with E-state index in [9.17, 15) is 5.11 Å². The molecular weight excluding hydrogens is 304 g/mol. The first-order valence-electron chi connectivity index (χ1n) is 9.07. The maximum Gasteiger partial charge on any atom is 0.254 e. The number of likely N-dealkylation sites (tertiary alicyclic amines) is 1. The molecule has 3 heterocycles. The molecule has 0 bridgehead atoms. The largest absolute Gasteiger partial charge is 0.391 e. The summed E-state index contributed by atoms with van der Waals surface area (Å²) in [5.41, 5.74) is 0.945. The van der Waals surface area contributed by atoms with E-state index >= 15 is 0 Å². The standard InChI is InChI=1S/C17H26N6O/c1-12-10-16(23-17(20-12)18-11-19-23)21-13-6-8-22(9-7-13)14-4-2-3-5-15(14)24/h10-11,13-15,21,24H,2-9H2,1H3. The van der Waals surface area contributed by atoms with Crippen LogP contribution < -0.4 is 5.32 Å². The van der Waals surface area contributed by atoms with Crippen molar-refractivity contribution in [2.75, 3.05) is 18.4 Å². The lowest BCUT2D eigenvalue weighted by Gasteiger charge is -2.41. The summed E-state index contributed by atoms with van der Waals surface area (Å²) in [6.07, 6.45) is 8.10. The molecule has 2 aromatic heterocycles. The van der Waals surface area contributed by atoms with Crippen LogP contribution in [0.5, 0.6) is 0 Å². The summed E-state index contributed by atoms with van der Waals surface area (Å²) in [5.74, 6) is 1.60. The zero-order chi connectivity index (χ0) is 16.5. The van der Waals surface area contributed by atoms with Crippen LogP contribution in [0.1, 0.15) is 44.2 Å². The zero-order valence-electron chi connectivity index (χ0n) is 14.2. The molecule has 2 atom stereocenters. The van der Waals surface area contributed by atoms with Crippen molar-refractivity contribution < 1.29 is 5.11 Å². The first-order chi connectivity index (χ1) is 11.7. The molecule has 7 nitrogen and oxygen atoms in total. The second kappa shape index (κ2) is 6.64. The molecule has 2 aromatic rings. The summed E-state index contributed by atoms with van der Waals surface area (Å²) in [7, 11) is 0. The molecule has 1 aliphatic heterocycles. The number of anilines is 1. The topological polar surface area (TPSA) is 78.6 Å². The molecule has 2 aliphatic rings. The van der Waals surface area contributed by atoms with Crippen molar-refractivity contribution in [3.05, 3.63) is 18.1 Å². The number of hydrogen-bond acceptors (Lipinski definition) is 6. The van der Waals surface area contributed by atoms with E-state index in [1.54, 1.807) is 10.8 Å². The summed E-state index contributed by atoms with van der Waals surface area (Å²) in [6.45, 7) is 4.07. The fourth-order valence-electron chi connectivity index (χ4n) is 4.14. The van der Waals surface area contributed by atoms with Crippen LogP contribution in [-0.4, -0.2) is 60.9 Å². The minimum atomic E-state index is -0.138. The van der Waals surface area contributed by atoms with Crippen LogP contribution in [0.3, 0.4) is 0 Å². The van der Waals surface area contributed by atoms with Gasteiger partial charge in [-0.2, -0.15) is 14.6 Å². The molecule has 0 spiro atoms. The summed E-state index contributed by atoms with van der Waals surface area (Å²) in [4.78, 5) is 11.1. The van der Waals surface area contributed by atoms with Crippen molar-refractivity contribution in [3.63, 3.8) is 0 Å². The first kappa shape index (κ1) is 15.8. The third-order valence-electron chi connectivity index (χ3n) is 5.42. The molecule has 1 saturated heterocycles. The normalized spacial score (nSPS) is 26.8. The summed E-state index contributed by atoms with van der Waals surface area (Å²) < 4.78 is 1.77. The smallest absolute Gasteiger partial charge is 0.254 e. The third kappa shape index (κ3) is 3.10. The number of piperidine rings is 1. The van der Waals surface area contributed by atoms with E-state index in [4.69, 9.17) is 0 Å². The van der Waals surface area contributed by atoms with E-state index in [-0.39, 0.29) is 6.10 Å². The van der Waals surface area contributed by atoms with Gasteiger partial charge >= 0.3 is 0 Å². The Balaban J connectivity index is 1.40. The third-order valence-corrected chi connectivity index (χ3v) is 5.42. The van der Waals surface area contributed by atoms with Gasteiger partial charge in [0.25, 0.3) is 5.78 Å². The van der Waals surface area contributed by atoms with Crippen LogP contribution in [0.25, 0.3) is 5.78 Å². The lowest BCUT2D eigenvalue weighted by Crippen LogP contribution is -2.50. The molecular formula is C17H26N6O. The summed E-state index contributed by atoms with van der Waals surface area (Å²) in [6, 6.07) is 2.82. The van der Waals surface area contributed by atoms with Crippen LogP contribution in [0.2, 0.25) is 0 Å². The van der Waals surface area contributed by atoms with Gasteiger partial charge in [0.05, 0.1) is 6.10 Å². The van der Waals surface area contributed by atoms with Crippen molar-refractivity contribution in [3.8, 4) is 0 Å². The Morgan fingerprint density at radius 2 is 1.96 bits per heavy atom. The number of aromatic nitrogens is 4. The predicted octanol–water partition coefficient (Wildman–Crippen LogP) is 1.61. The highest BCUT2D eigenvalue weighted by molar-refractivity contribution is 5.45. The highest BCUT2D eigenvalue weighted by atomic mass is 16.3. The lowest BCUT2D eigenvalue weighted by atomic mass is 9.89. The molecule has 4 rings (SSSR count). The van der Waals surface area contributed by atoms with E-state index in [1.165, 1.54) is 12.8 Å². The first-order valence-corrected chi connectivity index (χ1v) is 9.07. The molecule has 2 fully saturated rings. The maximum atomic E-state index is 10.3. The van der Waals surface area contributed by atoms with Gasteiger partial charge in [-0.05, 0) is 32.6 Å². The highest BCUT2D eigenvalue weighted by Gasteiger charge is 2.31. The van der Waals surface area contributed by atoms with Gasteiger partial charge < -0.3 is 10.4 Å². The molecule has 0 aromatic carbocycles. The maximum absolute atomic E-state index is 10.3. The molecule has 24 heavy (non-hydrogen) atoms. The molecule has 2 unspecified atom stereocenters. The second-order valence-electron chi connectivity index (χ2n) is 7.13. The van der Waals surface area contributed by atoms with Crippen LogP contribution in [0.15, 0.2) is 12.4 Å². The molecule has 1 saturated carbocycles. The minimum absolute atomic E-state index is 0.138. The van der Waals surface area contributed by atoms with Crippen LogP contribution >= 0.6 is 0 Å². The Kier molecular flexibility index (Phi) is 4.37. The van der Waals surface area contributed by atoms with E-state index in [0.29, 0.717) is 17.9 Å². The minimum Gasteiger partial charge on any atom is -0.391 e. The van der Waals surface area contributed by atoms with Gasteiger partial charge in [-0.3, -0.25) is 4.90 Å². The van der Waals surface area contributed by atoms with Gasteiger partial charge in [0.15, 0.2) is 0 Å². The quantitative estimate of drug-likeness (QED) is 0.890. The Bertz CT molecular complexity index is 693. The molecule has 1 aliphatic carbocycles. The monoisotopic (exact) mass is 330 g/mol. The number of nitrogens with zero attached hydrogens (tertiary/aromatic N) is 5. The van der Waals surface area contributed by atoms with Crippen molar-refractivity contribution in [2.45, 2.75) is 63.6 Å². The van der Waals surface area contributed by atoms with Gasteiger partial charge in [-0.25, -0.2) is 4.98 Å². The van der Waals surface area contributed by atoms with Gasteiger partial charge in [0, 0.05) is 36.9 Å². The van der Waals surface area contributed by atoms with Gasteiger partial charge in [0.2, 0.25) is 0 Å². The molecule has 0 amide bonds. The average molecular weight is 330 g/mol. The number of fused-ring (bicyclic) bond motifs is 1. The molecule has 0 radical (unpaired) electrons. The van der Waals surface area contributed by atoms with E-state index in [1.807, 2.05) is 13.0 Å².